The summed E-state index contributed by atoms with van der Waals surface area (Å²) < 4.78 is 35.0. The van der Waals surface area contributed by atoms with Gasteiger partial charge in [0.15, 0.2) is 16.9 Å². The number of sulfonamides is 1. The first-order valence-electron chi connectivity index (χ1n) is 44.2. The summed E-state index contributed by atoms with van der Waals surface area (Å²) in [5.41, 5.74) is 22.5. The topological polar surface area (TPSA) is 414 Å². The van der Waals surface area contributed by atoms with Crippen LogP contribution >= 0.6 is 0 Å². The quantitative estimate of drug-likeness (QED) is 0.0184. The summed E-state index contributed by atoms with van der Waals surface area (Å²) in [6, 6.07) is 43.0. The van der Waals surface area contributed by atoms with E-state index in [0.29, 0.717) is 78.8 Å². The van der Waals surface area contributed by atoms with Crippen molar-refractivity contribution in [2.45, 2.75) is 121 Å². The number of hydroxylamine groups is 3. The Labute approximate surface area is 755 Å². The standard InChI is InChI=1S/C33H36N6O5.C32H35N7O6S.C31H34N6O4/c1-3-44-29(40)20-38-15-13-23(14-16-38)22-7-10-25(11-8-22)35-33-34-18-27-30(41)28(32(42)37-43-2)19-39(31(27)36-33)26-12-9-21-5-4-6-24(21)17-26;1-45-36-31(42)27-18-39(25-11-8-20-4-3-5-23(20)16-25)30-26(29(27)41)17-33-32(35-30)34-24-9-6-21(7-10-24)22-12-14-38(15-13-22)19-28(40)37-46(2,43)44;1-41-35-30(40)27-19-37(25-10-7-20-3-2-4-23(20)17-25)29-26(28(27)39)18-32-31(34-29)33-24-8-5-21(6-9-24)22-11-13-36(14-12-22)15-16-38/h7-12,17-19,23H,3-6,13-16,20H2,1-2H3,(H,37,42)(H,34,35,36);6-11,16-18,22H,3-5,12-15,19H2,1-2H3,(H,36,42)(H,37,40)(H,33,34,35);5-10,17-19,22,38H,2-4,11-16H2,1H3,(H,35,40)(H,32,33,34). The number of benzene rings is 6. The van der Waals surface area contributed by atoms with Crippen molar-refractivity contribution < 1.29 is 56.7 Å². The molecule has 0 bridgehead atoms. The number of aliphatic hydroxyl groups is 1. The van der Waals surface area contributed by atoms with E-state index in [9.17, 15) is 51.9 Å². The molecule has 6 aliphatic rings. The third kappa shape index (κ3) is 21.5. The molecule has 0 radical (unpaired) electrons. The van der Waals surface area contributed by atoms with Crippen molar-refractivity contribution in [2.75, 3.05) is 116 Å². The Hall–Kier alpha value is -13.4. The van der Waals surface area contributed by atoms with Gasteiger partial charge in [0, 0.05) is 77.9 Å². The Balaban J connectivity index is 0.000000144. The van der Waals surface area contributed by atoms with Crippen LogP contribution in [0, 0.1) is 0 Å². The van der Waals surface area contributed by atoms with Gasteiger partial charge in [0.1, 0.15) is 16.7 Å². The Morgan fingerprint density at radius 1 is 0.427 bits per heavy atom. The molecule has 0 unspecified atom stereocenters. The van der Waals surface area contributed by atoms with Gasteiger partial charge in [-0.2, -0.15) is 15.0 Å². The molecule has 6 aromatic carbocycles. The number of β-amino-alcohol motifs (C(OH)–C–C–N with tert-alkyl or cyclic N) is 1. The lowest BCUT2D eigenvalue weighted by molar-refractivity contribution is -0.144. The number of hydrogen-bond acceptors (Lipinski definition) is 27. The molecule has 131 heavy (non-hydrogen) atoms. The van der Waals surface area contributed by atoms with Crippen LogP contribution in [0.4, 0.5) is 34.9 Å². The smallest absolute Gasteiger partial charge is 0.320 e. The van der Waals surface area contributed by atoms with Gasteiger partial charge in [0.25, 0.3) is 17.7 Å². The van der Waals surface area contributed by atoms with Crippen LogP contribution in [0.25, 0.3) is 50.2 Å². The zero-order valence-electron chi connectivity index (χ0n) is 73.6. The zero-order chi connectivity index (χ0) is 91.4. The number of aryl methyl sites for hydroxylation is 6. The van der Waals surface area contributed by atoms with Crippen molar-refractivity contribution in [1.82, 2.24) is 79.5 Å². The van der Waals surface area contributed by atoms with Gasteiger partial charge in [-0.25, -0.2) is 39.8 Å². The second-order valence-corrected chi connectivity index (χ2v) is 35.4. The SMILES string of the molecule is CCOC(=O)CN1CCC(c2ccc(Nc3ncc4c(=O)c(C(=O)NOC)cn(-c5ccc6c(c5)CCC6)c4n3)cc2)CC1.CONC(=O)c1cn(-c2ccc3c(c2)CCC3)c2nc(Nc3ccc(C4CCN(CC(=O)NS(C)(=O)=O)CC4)cc3)ncc2c1=O.CONC(=O)c1cn(-c2ccc3c(c2)CCC3)c2nc(Nc3ccc(C4CCN(CCO)CC4)cc3)ncc2c1=O. The third-order valence-corrected chi connectivity index (χ3v) is 25.6. The van der Waals surface area contributed by atoms with Gasteiger partial charge in [0.2, 0.25) is 50.1 Å². The van der Waals surface area contributed by atoms with E-state index < -0.39 is 49.9 Å². The number of rotatable bonds is 26. The second-order valence-electron chi connectivity index (χ2n) is 33.6. The van der Waals surface area contributed by atoms with Gasteiger partial charge in [-0.15, -0.1) is 0 Å². The molecule has 0 atom stereocenters. The lowest BCUT2D eigenvalue weighted by Crippen LogP contribution is -2.42. The average molecular weight is 1800 g/mol. The molecule has 680 valence electrons. The minimum atomic E-state index is -3.57. The molecule has 3 fully saturated rings. The van der Waals surface area contributed by atoms with E-state index in [0.717, 1.165) is 175 Å². The third-order valence-electron chi connectivity index (χ3n) is 25.0. The predicted molar refractivity (Wildman–Crippen MR) is 496 cm³/mol. The number of fused-ring (bicyclic) bond motifs is 6. The summed E-state index contributed by atoms with van der Waals surface area (Å²) in [5.74, 6) is -0.394. The van der Waals surface area contributed by atoms with E-state index >= 15 is 0 Å². The van der Waals surface area contributed by atoms with Crippen LogP contribution in [-0.2, 0) is 77.4 Å². The molecule has 34 nitrogen and oxygen atoms in total. The summed E-state index contributed by atoms with van der Waals surface area (Å²) in [6.45, 7) is 8.65. The molecule has 0 saturated carbocycles. The summed E-state index contributed by atoms with van der Waals surface area (Å²) in [7, 11) is 0.390. The number of piperidine rings is 3. The minimum Gasteiger partial charge on any atom is -0.465 e. The first kappa shape index (κ1) is 90.9. The van der Waals surface area contributed by atoms with Crippen LogP contribution in [0.1, 0.15) is 164 Å². The fraction of sp³-hybridized carbons (Fsp3) is 0.354. The Morgan fingerprint density at radius 3 is 1.05 bits per heavy atom. The zero-order valence-corrected chi connectivity index (χ0v) is 74.5. The molecule has 3 saturated heterocycles. The number of nitrogens with one attached hydrogen (secondary N) is 7. The average Bonchev–Trinajstić information content (AvgIpc) is 1.40. The van der Waals surface area contributed by atoms with E-state index in [1.54, 1.807) is 13.7 Å². The fourth-order valence-electron chi connectivity index (χ4n) is 18.4. The molecule has 3 aliphatic heterocycles. The van der Waals surface area contributed by atoms with E-state index in [-0.39, 0.29) is 52.0 Å². The van der Waals surface area contributed by atoms with Crippen molar-refractivity contribution in [3.8, 4) is 17.1 Å². The summed E-state index contributed by atoms with van der Waals surface area (Å²) in [6.07, 6.45) is 25.0. The highest BCUT2D eigenvalue weighted by atomic mass is 32.2. The van der Waals surface area contributed by atoms with E-state index in [1.165, 1.54) is 103 Å². The molecule has 6 aromatic heterocycles. The van der Waals surface area contributed by atoms with Crippen LogP contribution < -0.4 is 53.4 Å². The highest BCUT2D eigenvalue weighted by Gasteiger charge is 2.30. The number of aliphatic hydroxyl groups excluding tert-OH is 1. The van der Waals surface area contributed by atoms with E-state index in [4.69, 9.17) is 34.2 Å². The van der Waals surface area contributed by atoms with Crippen LogP contribution in [0.15, 0.2) is 179 Å². The Kier molecular flexibility index (Phi) is 28.6. The molecule has 9 heterocycles. The number of hydrogen-bond donors (Lipinski definition) is 8. The van der Waals surface area contributed by atoms with Gasteiger partial charge in [0.05, 0.1) is 70.0 Å². The van der Waals surface area contributed by atoms with Crippen LogP contribution in [0.5, 0.6) is 0 Å². The highest BCUT2D eigenvalue weighted by molar-refractivity contribution is 7.89. The first-order chi connectivity index (χ1) is 63.5. The number of pyridine rings is 3. The number of esters is 1. The minimum absolute atomic E-state index is 0.0520. The number of ether oxygens (including phenoxy) is 1. The fourth-order valence-corrected chi connectivity index (χ4v) is 18.8. The lowest BCUT2D eigenvalue weighted by atomic mass is 9.89. The van der Waals surface area contributed by atoms with Crippen molar-refractivity contribution in [3.05, 3.63) is 262 Å². The maximum atomic E-state index is 13.3. The van der Waals surface area contributed by atoms with Gasteiger partial charge < -0.3 is 44.4 Å². The van der Waals surface area contributed by atoms with Crippen LogP contribution in [0.2, 0.25) is 0 Å². The number of carbonyl (C=O) groups excluding carboxylic acids is 5. The summed E-state index contributed by atoms with van der Waals surface area (Å²) in [5, 5.41) is 19.6. The number of likely N-dealkylation sites (tertiary alicyclic amines) is 3. The second kappa shape index (κ2) is 41.2. The maximum Gasteiger partial charge on any atom is 0.320 e. The van der Waals surface area contributed by atoms with Crippen molar-refractivity contribution in [2.24, 2.45) is 0 Å². The predicted octanol–water partition coefficient (Wildman–Crippen LogP) is 10.1. The summed E-state index contributed by atoms with van der Waals surface area (Å²) in [4.78, 5) is 150. The Bertz CT molecular complexity index is 6590. The molecule has 35 heteroatoms. The van der Waals surface area contributed by atoms with Crippen molar-refractivity contribution in [1.29, 1.82) is 0 Å². The monoisotopic (exact) mass is 1800 g/mol. The van der Waals surface area contributed by atoms with Crippen LogP contribution in [-0.4, -0.2) is 201 Å². The number of anilines is 6. The van der Waals surface area contributed by atoms with Gasteiger partial charge in [-0.3, -0.25) is 67.4 Å². The maximum absolute atomic E-state index is 13.3. The van der Waals surface area contributed by atoms with Gasteiger partial charge in [-0.05, 0) is 283 Å². The molecule has 3 aliphatic carbocycles. The van der Waals surface area contributed by atoms with Gasteiger partial charge in [-0.1, -0.05) is 54.6 Å². The number of amides is 4. The normalized spacial score (nSPS) is 15.4. The molecular weight excluding hydrogens is 1690 g/mol. The molecule has 18 rings (SSSR count). The highest BCUT2D eigenvalue weighted by Crippen LogP contribution is 2.36. The van der Waals surface area contributed by atoms with E-state index in [2.05, 4.69) is 118 Å². The largest absolute Gasteiger partial charge is 0.465 e. The van der Waals surface area contributed by atoms with E-state index in [1.807, 2.05) is 83.3 Å². The van der Waals surface area contributed by atoms with Crippen molar-refractivity contribution >= 4 is 108 Å². The lowest BCUT2D eigenvalue weighted by Gasteiger charge is -2.31. The molecule has 4 amide bonds. The summed E-state index contributed by atoms with van der Waals surface area (Å²) >= 11 is 0. The van der Waals surface area contributed by atoms with Crippen molar-refractivity contribution in [3.63, 3.8) is 0 Å². The molecule has 0 spiro atoms. The number of carbonyl (C=O) groups is 5. The number of nitrogens with zero attached hydrogens (tertiary/aromatic N) is 12. The first-order valence-corrected chi connectivity index (χ1v) is 46.1. The molecule has 12 aromatic rings. The molecule has 8 N–H and O–H groups in total. The van der Waals surface area contributed by atoms with Crippen LogP contribution in [0.3, 0.4) is 0 Å². The van der Waals surface area contributed by atoms with Gasteiger partial charge >= 0.3 is 5.97 Å². The number of aromatic nitrogens is 9. The molecular formula is C96H105N19O15S. The Morgan fingerprint density at radius 2 is 0.740 bits per heavy atom.